The van der Waals surface area contributed by atoms with Crippen LogP contribution in [0.2, 0.25) is 0 Å². The quantitative estimate of drug-likeness (QED) is 0.648. The van der Waals surface area contributed by atoms with Gasteiger partial charge in [-0.2, -0.15) is 0 Å². The predicted molar refractivity (Wildman–Crippen MR) is 65.7 cm³/mol. The van der Waals surface area contributed by atoms with Gasteiger partial charge in [0.1, 0.15) is 0 Å². The Morgan fingerprint density at radius 2 is 2.18 bits per heavy atom. The molecule has 0 amide bonds. The Hall–Kier alpha value is -2.10. The van der Waals surface area contributed by atoms with Crippen molar-refractivity contribution in [3.63, 3.8) is 0 Å². The minimum atomic E-state index is -0.270. The third-order valence-electron chi connectivity index (χ3n) is 2.77. The Morgan fingerprint density at radius 3 is 2.76 bits per heavy atom. The highest BCUT2D eigenvalue weighted by Gasteiger charge is 2.20. The van der Waals surface area contributed by atoms with Gasteiger partial charge in [0, 0.05) is 16.8 Å². The van der Waals surface area contributed by atoms with Gasteiger partial charge in [-0.05, 0) is 24.6 Å². The van der Waals surface area contributed by atoms with Gasteiger partial charge < -0.3 is 4.98 Å². The van der Waals surface area contributed by atoms with Crippen molar-refractivity contribution in [2.45, 2.75) is 12.8 Å². The standard InChI is InChI=1S/C13H14N2O2/c1-10-4-2-5-11(8-10)12(9-15(16)17)13-6-3-7-14-13/h2-8,12,14H,9H2,1H3/t12-/m1/s1. The van der Waals surface area contributed by atoms with E-state index in [1.165, 1.54) is 0 Å². The summed E-state index contributed by atoms with van der Waals surface area (Å²) < 4.78 is 0. The number of benzene rings is 1. The third kappa shape index (κ3) is 2.72. The zero-order chi connectivity index (χ0) is 12.3. The SMILES string of the molecule is Cc1cccc([C@@H](C[N+](=O)[O-])c2ccc[nH]2)c1. The second-order valence-electron chi connectivity index (χ2n) is 4.11. The number of aromatic nitrogens is 1. The van der Waals surface area contributed by atoms with Gasteiger partial charge in [0.05, 0.1) is 5.92 Å². The fourth-order valence-corrected chi connectivity index (χ4v) is 1.98. The van der Waals surface area contributed by atoms with Gasteiger partial charge in [0.25, 0.3) is 0 Å². The Bertz CT molecular complexity index is 506. The van der Waals surface area contributed by atoms with E-state index < -0.39 is 0 Å². The summed E-state index contributed by atoms with van der Waals surface area (Å²) in [5.41, 5.74) is 2.97. The average Bonchev–Trinajstić information content (AvgIpc) is 2.79. The molecule has 0 aliphatic carbocycles. The molecule has 2 aromatic rings. The van der Waals surface area contributed by atoms with Gasteiger partial charge in [-0.1, -0.05) is 29.8 Å². The molecule has 0 fully saturated rings. The monoisotopic (exact) mass is 230 g/mol. The summed E-state index contributed by atoms with van der Waals surface area (Å²) in [6.07, 6.45) is 1.79. The van der Waals surface area contributed by atoms with Gasteiger partial charge in [-0.25, -0.2) is 0 Å². The van der Waals surface area contributed by atoms with Crippen LogP contribution in [0.15, 0.2) is 42.6 Å². The molecular formula is C13H14N2O2. The second kappa shape index (κ2) is 4.82. The van der Waals surface area contributed by atoms with Gasteiger partial charge in [-0.15, -0.1) is 0 Å². The molecule has 4 heteroatoms. The highest BCUT2D eigenvalue weighted by molar-refractivity contribution is 5.31. The molecule has 0 unspecified atom stereocenters. The maximum absolute atomic E-state index is 10.8. The lowest BCUT2D eigenvalue weighted by molar-refractivity contribution is -0.481. The molecule has 1 atom stereocenters. The Labute approximate surface area is 99.4 Å². The summed E-state index contributed by atoms with van der Waals surface area (Å²) in [7, 11) is 0. The van der Waals surface area contributed by atoms with Gasteiger partial charge in [-0.3, -0.25) is 10.1 Å². The lowest BCUT2D eigenvalue weighted by Crippen LogP contribution is -2.14. The molecule has 0 spiro atoms. The molecule has 2 rings (SSSR count). The number of hydrogen-bond acceptors (Lipinski definition) is 2. The molecule has 0 saturated carbocycles. The van der Waals surface area contributed by atoms with Crippen molar-refractivity contribution in [1.82, 2.24) is 4.98 Å². The molecule has 1 aromatic carbocycles. The van der Waals surface area contributed by atoms with E-state index in [-0.39, 0.29) is 17.4 Å². The van der Waals surface area contributed by atoms with Crippen molar-refractivity contribution >= 4 is 0 Å². The molecular weight excluding hydrogens is 216 g/mol. The van der Waals surface area contributed by atoms with Crippen LogP contribution in [-0.2, 0) is 0 Å². The van der Waals surface area contributed by atoms with Crippen LogP contribution in [0.4, 0.5) is 0 Å². The van der Waals surface area contributed by atoms with Crippen molar-refractivity contribution < 1.29 is 4.92 Å². The fourth-order valence-electron chi connectivity index (χ4n) is 1.98. The molecule has 0 bridgehead atoms. The first-order chi connectivity index (χ1) is 8.16. The molecule has 17 heavy (non-hydrogen) atoms. The van der Waals surface area contributed by atoms with E-state index in [0.717, 1.165) is 16.8 Å². The summed E-state index contributed by atoms with van der Waals surface area (Å²) in [6, 6.07) is 11.6. The van der Waals surface area contributed by atoms with Crippen molar-refractivity contribution in [3.8, 4) is 0 Å². The van der Waals surface area contributed by atoms with Gasteiger partial charge in [0.15, 0.2) is 0 Å². The van der Waals surface area contributed by atoms with Crippen LogP contribution in [0.5, 0.6) is 0 Å². The molecule has 0 saturated heterocycles. The Morgan fingerprint density at radius 1 is 1.35 bits per heavy atom. The number of H-pyrrole nitrogens is 1. The lowest BCUT2D eigenvalue weighted by Gasteiger charge is -2.12. The summed E-state index contributed by atoms with van der Waals surface area (Å²) >= 11 is 0. The van der Waals surface area contributed by atoms with E-state index in [2.05, 4.69) is 4.98 Å². The Balaban J connectivity index is 2.36. The van der Waals surface area contributed by atoms with Crippen molar-refractivity contribution in [2.24, 2.45) is 0 Å². The van der Waals surface area contributed by atoms with Crippen molar-refractivity contribution in [3.05, 3.63) is 69.5 Å². The van der Waals surface area contributed by atoms with Crippen LogP contribution in [0.1, 0.15) is 22.7 Å². The lowest BCUT2D eigenvalue weighted by atomic mass is 9.94. The van der Waals surface area contributed by atoms with E-state index in [1.807, 2.05) is 43.3 Å². The number of nitrogens with zero attached hydrogens (tertiary/aromatic N) is 1. The topological polar surface area (TPSA) is 58.9 Å². The van der Waals surface area contributed by atoms with E-state index in [4.69, 9.17) is 0 Å². The highest BCUT2D eigenvalue weighted by atomic mass is 16.6. The molecule has 1 aromatic heterocycles. The number of nitro groups is 1. The largest absolute Gasteiger partial charge is 0.364 e. The van der Waals surface area contributed by atoms with E-state index in [0.29, 0.717) is 0 Å². The van der Waals surface area contributed by atoms with Crippen LogP contribution in [0.25, 0.3) is 0 Å². The Kier molecular flexibility index (Phi) is 3.23. The first-order valence-corrected chi connectivity index (χ1v) is 5.48. The van der Waals surface area contributed by atoms with Crippen LogP contribution < -0.4 is 0 Å². The number of rotatable bonds is 4. The minimum absolute atomic E-state index is 0.0933. The van der Waals surface area contributed by atoms with Crippen LogP contribution in [0, 0.1) is 17.0 Å². The van der Waals surface area contributed by atoms with Crippen LogP contribution >= 0.6 is 0 Å². The van der Waals surface area contributed by atoms with E-state index in [9.17, 15) is 10.1 Å². The second-order valence-corrected chi connectivity index (χ2v) is 4.11. The number of aryl methyl sites for hydroxylation is 1. The summed E-state index contributed by atoms with van der Waals surface area (Å²) in [6.45, 7) is 1.89. The molecule has 0 aliphatic heterocycles. The molecule has 1 N–H and O–H groups in total. The summed E-state index contributed by atoms with van der Waals surface area (Å²) in [4.78, 5) is 13.5. The average molecular weight is 230 g/mol. The zero-order valence-corrected chi connectivity index (χ0v) is 9.59. The zero-order valence-electron chi connectivity index (χ0n) is 9.59. The fraction of sp³-hybridized carbons (Fsp3) is 0.231. The summed E-state index contributed by atoms with van der Waals surface area (Å²) in [5.74, 6) is -0.208. The smallest absolute Gasteiger partial charge is 0.216 e. The number of nitrogens with one attached hydrogen (secondary N) is 1. The number of hydrogen-bond donors (Lipinski definition) is 1. The molecule has 0 radical (unpaired) electrons. The van der Waals surface area contributed by atoms with Crippen LogP contribution in [0.3, 0.4) is 0 Å². The van der Waals surface area contributed by atoms with Gasteiger partial charge in [0.2, 0.25) is 6.54 Å². The summed E-state index contributed by atoms with van der Waals surface area (Å²) in [5, 5.41) is 10.8. The molecule has 1 heterocycles. The predicted octanol–water partition coefficient (Wildman–Crippen LogP) is 2.73. The number of aromatic amines is 1. The maximum Gasteiger partial charge on any atom is 0.216 e. The van der Waals surface area contributed by atoms with Gasteiger partial charge >= 0.3 is 0 Å². The van der Waals surface area contributed by atoms with Crippen molar-refractivity contribution in [2.75, 3.05) is 6.54 Å². The van der Waals surface area contributed by atoms with Crippen molar-refractivity contribution in [1.29, 1.82) is 0 Å². The van der Waals surface area contributed by atoms with Crippen LogP contribution in [-0.4, -0.2) is 16.5 Å². The normalized spacial score (nSPS) is 12.3. The van der Waals surface area contributed by atoms with E-state index in [1.54, 1.807) is 6.20 Å². The maximum atomic E-state index is 10.8. The minimum Gasteiger partial charge on any atom is -0.364 e. The molecule has 0 aliphatic rings. The first kappa shape index (κ1) is 11.4. The third-order valence-corrected chi connectivity index (χ3v) is 2.77. The van der Waals surface area contributed by atoms with E-state index >= 15 is 0 Å². The first-order valence-electron chi connectivity index (χ1n) is 5.48. The molecule has 88 valence electrons. The molecule has 4 nitrogen and oxygen atoms in total. The highest BCUT2D eigenvalue weighted by Crippen LogP contribution is 2.24.